The molecule has 1 heterocycles. The molecule has 138 valence electrons. The average Bonchev–Trinajstić information content (AvgIpc) is 3.31. The molecule has 2 N–H and O–H groups in total. The van der Waals surface area contributed by atoms with Crippen molar-refractivity contribution in [2.75, 3.05) is 5.32 Å². The lowest BCUT2D eigenvalue weighted by Gasteiger charge is -2.11. The van der Waals surface area contributed by atoms with Crippen LogP contribution in [0.15, 0.2) is 47.6 Å². The molecule has 7 heteroatoms. The number of hydrogen-bond acceptors (Lipinski definition) is 4. The quantitative estimate of drug-likeness (QED) is 0.648. The van der Waals surface area contributed by atoms with Crippen LogP contribution >= 0.6 is 11.8 Å². The molecule has 1 atom stereocenters. The molecule has 1 aliphatic carbocycles. The Labute approximate surface area is 160 Å². The third kappa shape index (κ3) is 3.88. The van der Waals surface area contributed by atoms with Crippen molar-refractivity contribution in [3.8, 4) is 11.4 Å². The summed E-state index contributed by atoms with van der Waals surface area (Å²) in [5, 5.41) is 9.80. The highest BCUT2D eigenvalue weighted by atomic mass is 32.2. The summed E-state index contributed by atoms with van der Waals surface area (Å²) in [5.41, 5.74) is 3.86. The van der Waals surface area contributed by atoms with E-state index in [1.54, 1.807) is 25.1 Å². The van der Waals surface area contributed by atoms with Crippen molar-refractivity contribution in [3.63, 3.8) is 0 Å². The van der Waals surface area contributed by atoms with Crippen molar-refractivity contribution in [1.82, 2.24) is 15.2 Å². The van der Waals surface area contributed by atoms with E-state index in [1.165, 1.54) is 35.4 Å². The van der Waals surface area contributed by atoms with Crippen molar-refractivity contribution in [2.45, 2.75) is 36.6 Å². The number of amides is 1. The Morgan fingerprint density at radius 1 is 1.22 bits per heavy atom. The Morgan fingerprint density at radius 3 is 2.89 bits per heavy atom. The number of aromatic amines is 1. The fourth-order valence-corrected chi connectivity index (χ4v) is 3.90. The monoisotopic (exact) mass is 382 g/mol. The minimum absolute atomic E-state index is 0.116. The van der Waals surface area contributed by atoms with Gasteiger partial charge in [-0.15, -0.1) is 5.10 Å². The number of H-pyrrole nitrogens is 1. The Balaban J connectivity index is 1.41. The number of thioether (sulfide) groups is 1. The normalized spacial score (nSPS) is 14.0. The van der Waals surface area contributed by atoms with Crippen molar-refractivity contribution < 1.29 is 9.18 Å². The Morgan fingerprint density at radius 2 is 2.04 bits per heavy atom. The fourth-order valence-electron chi connectivity index (χ4n) is 3.18. The molecule has 2 aromatic carbocycles. The van der Waals surface area contributed by atoms with Crippen LogP contribution in [0.5, 0.6) is 0 Å². The van der Waals surface area contributed by atoms with Gasteiger partial charge in [-0.05, 0) is 61.6 Å². The van der Waals surface area contributed by atoms with Gasteiger partial charge in [0.2, 0.25) is 11.1 Å². The van der Waals surface area contributed by atoms with Gasteiger partial charge in [0.25, 0.3) is 0 Å². The highest BCUT2D eigenvalue weighted by Crippen LogP contribution is 2.27. The van der Waals surface area contributed by atoms with Gasteiger partial charge in [-0.1, -0.05) is 30.0 Å². The summed E-state index contributed by atoms with van der Waals surface area (Å²) in [5.74, 6) is -0.135. The van der Waals surface area contributed by atoms with E-state index >= 15 is 0 Å². The highest BCUT2D eigenvalue weighted by Gasteiger charge is 2.19. The summed E-state index contributed by atoms with van der Waals surface area (Å²) in [4.78, 5) is 16.8. The molecule has 27 heavy (non-hydrogen) atoms. The number of rotatable bonds is 5. The third-order valence-corrected chi connectivity index (χ3v) is 5.57. The van der Waals surface area contributed by atoms with Crippen molar-refractivity contribution >= 4 is 23.4 Å². The second-order valence-electron chi connectivity index (χ2n) is 6.53. The van der Waals surface area contributed by atoms with Crippen LogP contribution in [0.3, 0.4) is 0 Å². The number of nitrogens with one attached hydrogen (secondary N) is 2. The van der Waals surface area contributed by atoms with Gasteiger partial charge >= 0.3 is 0 Å². The number of carbonyl (C=O) groups is 1. The molecule has 0 spiro atoms. The van der Waals surface area contributed by atoms with Gasteiger partial charge in [0.1, 0.15) is 5.82 Å². The molecule has 0 unspecified atom stereocenters. The summed E-state index contributed by atoms with van der Waals surface area (Å²) < 4.78 is 13.9. The van der Waals surface area contributed by atoms with Gasteiger partial charge in [0, 0.05) is 5.69 Å². The molecule has 0 bridgehead atoms. The summed E-state index contributed by atoms with van der Waals surface area (Å²) in [6, 6.07) is 12.5. The lowest BCUT2D eigenvalue weighted by atomic mass is 10.1. The Kier molecular flexibility index (Phi) is 4.94. The van der Waals surface area contributed by atoms with Crippen LogP contribution in [0.25, 0.3) is 11.4 Å². The number of aryl methyl sites for hydroxylation is 2. The van der Waals surface area contributed by atoms with E-state index in [2.05, 4.69) is 32.6 Å². The highest BCUT2D eigenvalue weighted by molar-refractivity contribution is 8.00. The first kappa shape index (κ1) is 17.7. The smallest absolute Gasteiger partial charge is 0.237 e. The predicted molar refractivity (Wildman–Crippen MR) is 104 cm³/mol. The lowest BCUT2D eigenvalue weighted by Crippen LogP contribution is -2.22. The zero-order valence-electron chi connectivity index (χ0n) is 14.8. The van der Waals surface area contributed by atoms with Crippen LogP contribution in [-0.4, -0.2) is 26.3 Å². The molecular formula is C20H19FN4OS. The zero-order valence-corrected chi connectivity index (χ0v) is 15.6. The molecular weight excluding hydrogens is 363 g/mol. The number of anilines is 1. The molecule has 0 saturated heterocycles. The van der Waals surface area contributed by atoms with Gasteiger partial charge in [-0.25, -0.2) is 9.37 Å². The molecule has 0 aliphatic heterocycles. The minimum atomic E-state index is -0.387. The van der Waals surface area contributed by atoms with Gasteiger partial charge in [-0.3, -0.25) is 9.89 Å². The van der Waals surface area contributed by atoms with Crippen LogP contribution in [-0.2, 0) is 17.6 Å². The summed E-state index contributed by atoms with van der Waals surface area (Å²) in [7, 11) is 0. The topological polar surface area (TPSA) is 70.7 Å². The van der Waals surface area contributed by atoms with E-state index in [-0.39, 0.29) is 17.0 Å². The molecule has 1 aliphatic rings. The molecule has 0 saturated carbocycles. The minimum Gasteiger partial charge on any atom is -0.325 e. The predicted octanol–water partition coefficient (Wildman–Crippen LogP) is 4.22. The first-order valence-corrected chi connectivity index (χ1v) is 9.75. The van der Waals surface area contributed by atoms with Crippen molar-refractivity contribution in [2.24, 2.45) is 0 Å². The third-order valence-electron chi connectivity index (χ3n) is 4.61. The Bertz CT molecular complexity index is 988. The van der Waals surface area contributed by atoms with Crippen LogP contribution in [0.4, 0.5) is 10.1 Å². The lowest BCUT2D eigenvalue weighted by molar-refractivity contribution is -0.115. The second kappa shape index (κ2) is 7.52. The molecule has 0 radical (unpaired) electrons. The van der Waals surface area contributed by atoms with E-state index in [9.17, 15) is 9.18 Å². The fraction of sp³-hybridized carbons (Fsp3) is 0.250. The molecule has 3 aromatic rings. The largest absolute Gasteiger partial charge is 0.325 e. The summed E-state index contributed by atoms with van der Waals surface area (Å²) in [6.45, 7) is 1.80. The van der Waals surface area contributed by atoms with Gasteiger partial charge < -0.3 is 5.32 Å². The molecule has 0 fully saturated rings. The maximum Gasteiger partial charge on any atom is 0.237 e. The molecule has 4 rings (SSSR count). The van der Waals surface area contributed by atoms with E-state index in [0.29, 0.717) is 16.5 Å². The standard InChI is InChI=1S/C20H19FN4OS/c1-12(19(26)22-15-10-9-13-5-4-6-14(13)11-15)27-20-23-18(24-25-20)16-7-2-3-8-17(16)21/h2-3,7-12H,4-6H2,1H3,(H,22,26)(H,23,24,25)/t12-/m0/s1. The molecule has 1 amide bonds. The van der Waals surface area contributed by atoms with E-state index in [0.717, 1.165) is 18.5 Å². The van der Waals surface area contributed by atoms with Gasteiger partial charge in [0.15, 0.2) is 5.82 Å². The van der Waals surface area contributed by atoms with E-state index < -0.39 is 0 Å². The first-order chi connectivity index (χ1) is 13.1. The number of benzene rings is 2. The van der Waals surface area contributed by atoms with Crippen LogP contribution in [0, 0.1) is 5.82 Å². The number of fused-ring (bicyclic) bond motifs is 1. The summed E-state index contributed by atoms with van der Waals surface area (Å²) in [6.07, 6.45) is 3.36. The number of halogens is 1. The van der Waals surface area contributed by atoms with E-state index in [1.807, 2.05) is 6.07 Å². The zero-order chi connectivity index (χ0) is 18.8. The summed E-state index contributed by atoms with van der Waals surface area (Å²) >= 11 is 1.23. The first-order valence-electron chi connectivity index (χ1n) is 8.87. The van der Waals surface area contributed by atoms with E-state index in [4.69, 9.17) is 0 Å². The van der Waals surface area contributed by atoms with Crippen LogP contribution < -0.4 is 5.32 Å². The number of hydrogen-bond donors (Lipinski definition) is 2. The maximum atomic E-state index is 13.9. The van der Waals surface area contributed by atoms with Gasteiger partial charge in [0.05, 0.1) is 10.8 Å². The van der Waals surface area contributed by atoms with Crippen LogP contribution in [0.2, 0.25) is 0 Å². The average molecular weight is 382 g/mol. The maximum absolute atomic E-state index is 13.9. The second-order valence-corrected chi connectivity index (χ2v) is 7.84. The van der Waals surface area contributed by atoms with Gasteiger partial charge in [-0.2, -0.15) is 0 Å². The van der Waals surface area contributed by atoms with Crippen LogP contribution in [0.1, 0.15) is 24.5 Å². The van der Waals surface area contributed by atoms with Crippen molar-refractivity contribution in [1.29, 1.82) is 0 Å². The molecule has 1 aromatic heterocycles. The number of nitrogens with zero attached hydrogens (tertiary/aromatic N) is 2. The SMILES string of the molecule is C[C@H](Sc1n[nH]c(-c2ccccc2F)n1)C(=O)Nc1ccc2c(c1)CCC2. The Hall–Kier alpha value is -2.67. The molecule has 5 nitrogen and oxygen atoms in total. The number of aromatic nitrogens is 3. The number of carbonyl (C=O) groups excluding carboxylic acids is 1. The van der Waals surface area contributed by atoms with Crippen molar-refractivity contribution in [3.05, 3.63) is 59.4 Å².